The Labute approximate surface area is 136 Å². The summed E-state index contributed by atoms with van der Waals surface area (Å²) in [4.78, 5) is 4.10. The lowest BCUT2D eigenvalue weighted by Crippen LogP contribution is -2.51. The van der Waals surface area contributed by atoms with Gasteiger partial charge in [0.2, 0.25) is 0 Å². The fourth-order valence-corrected chi connectivity index (χ4v) is 2.68. The molecule has 22 heavy (non-hydrogen) atoms. The van der Waals surface area contributed by atoms with E-state index in [1.165, 1.54) is 0 Å². The van der Waals surface area contributed by atoms with Crippen molar-refractivity contribution in [3.63, 3.8) is 0 Å². The number of nitrogens with zero attached hydrogens (tertiary/aromatic N) is 2. The summed E-state index contributed by atoms with van der Waals surface area (Å²) in [6.45, 7) is 6.27. The molecule has 2 heterocycles. The maximum absolute atomic E-state index is 6.18. The van der Waals surface area contributed by atoms with E-state index in [-0.39, 0.29) is 5.41 Å². The largest absolute Gasteiger partial charge is 0.347 e. The van der Waals surface area contributed by atoms with E-state index in [2.05, 4.69) is 18.8 Å². The molecule has 0 unspecified atom stereocenters. The third-order valence-electron chi connectivity index (χ3n) is 3.82. The van der Waals surface area contributed by atoms with E-state index >= 15 is 0 Å². The van der Waals surface area contributed by atoms with Gasteiger partial charge in [0.25, 0.3) is 0 Å². The molecule has 1 aliphatic heterocycles. The summed E-state index contributed by atoms with van der Waals surface area (Å²) >= 11 is 5.97. The number of aromatic nitrogens is 2. The Morgan fingerprint density at radius 2 is 1.86 bits per heavy atom. The first kappa shape index (κ1) is 15.5. The van der Waals surface area contributed by atoms with Crippen molar-refractivity contribution in [3.05, 3.63) is 53.6 Å². The van der Waals surface area contributed by atoms with Crippen molar-refractivity contribution in [1.29, 1.82) is 0 Å². The van der Waals surface area contributed by atoms with Gasteiger partial charge in [0.05, 0.1) is 26.1 Å². The molecule has 0 atom stereocenters. The minimum Gasteiger partial charge on any atom is -0.347 e. The van der Waals surface area contributed by atoms with Crippen molar-refractivity contribution in [2.24, 2.45) is 5.41 Å². The second-order valence-electron chi connectivity index (χ2n) is 6.69. The topological polar surface area (TPSA) is 36.3 Å². The van der Waals surface area contributed by atoms with Crippen LogP contribution in [-0.2, 0) is 22.4 Å². The summed E-state index contributed by atoms with van der Waals surface area (Å²) < 4.78 is 14.4. The summed E-state index contributed by atoms with van der Waals surface area (Å²) in [6.07, 6.45) is 6.16. The molecular weight excluding hydrogens is 300 g/mol. The number of halogens is 1. The third kappa shape index (κ3) is 3.69. The molecule has 1 aromatic heterocycles. The average Bonchev–Trinajstić information content (AvgIpc) is 2.98. The SMILES string of the molecule is CC1(C)COC(Cc2ccc(Cl)cc2)(Cn2ccnc2)OC1. The van der Waals surface area contributed by atoms with Gasteiger partial charge in [-0.3, -0.25) is 0 Å². The van der Waals surface area contributed by atoms with Crippen LogP contribution in [0.15, 0.2) is 43.0 Å². The summed E-state index contributed by atoms with van der Waals surface area (Å²) in [5.74, 6) is -0.663. The van der Waals surface area contributed by atoms with Gasteiger partial charge >= 0.3 is 0 Å². The van der Waals surface area contributed by atoms with Crippen LogP contribution >= 0.6 is 11.6 Å². The summed E-state index contributed by atoms with van der Waals surface area (Å²) in [7, 11) is 0. The van der Waals surface area contributed by atoms with Crippen LogP contribution in [0, 0.1) is 5.41 Å². The minimum absolute atomic E-state index is 0.0401. The molecule has 3 rings (SSSR count). The second kappa shape index (κ2) is 6.03. The Kier molecular flexibility index (Phi) is 4.26. The monoisotopic (exact) mass is 320 g/mol. The number of hydrogen-bond donors (Lipinski definition) is 0. The van der Waals surface area contributed by atoms with E-state index in [4.69, 9.17) is 21.1 Å². The zero-order valence-electron chi connectivity index (χ0n) is 13.0. The van der Waals surface area contributed by atoms with Crippen LogP contribution in [0.3, 0.4) is 0 Å². The molecule has 0 aliphatic carbocycles. The lowest BCUT2D eigenvalue weighted by atomic mass is 9.93. The van der Waals surface area contributed by atoms with Crippen LogP contribution in [0.4, 0.5) is 0 Å². The van der Waals surface area contributed by atoms with Gasteiger partial charge in [-0.15, -0.1) is 0 Å². The highest BCUT2D eigenvalue weighted by molar-refractivity contribution is 6.30. The van der Waals surface area contributed by atoms with Crippen LogP contribution in [0.25, 0.3) is 0 Å². The van der Waals surface area contributed by atoms with E-state index in [1.807, 2.05) is 35.0 Å². The molecule has 1 saturated heterocycles. The summed E-state index contributed by atoms with van der Waals surface area (Å²) in [5, 5.41) is 0.735. The maximum Gasteiger partial charge on any atom is 0.190 e. The van der Waals surface area contributed by atoms with Crippen molar-refractivity contribution in [3.8, 4) is 0 Å². The summed E-state index contributed by atoms with van der Waals surface area (Å²) in [5.41, 5.74) is 1.18. The predicted octanol–water partition coefficient (Wildman–Crippen LogP) is 3.55. The van der Waals surface area contributed by atoms with Gasteiger partial charge in [-0.05, 0) is 17.7 Å². The highest BCUT2D eigenvalue weighted by Crippen LogP contribution is 2.33. The van der Waals surface area contributed by atoms with Crippen molar-refractivity contribution in [2.75, 3.05) is 13.2 Å². The van der Waals surface area contributed by atoms with E-state index in [0.717, 1.165) is 10.6 Å². The molecule has 0 radical (unpaired) electrons. The number of rotatable bonds is 4. The Morgan fingerprint density at radius 1 is 1.18 bits per heavy atom. The van der Waals surface area contributed by atoms with Gasteiger partial charge < -0.3 is 14.0 Å². The molecule has 0 spiro atoms. The average molecular weight is 321 g/mol. The molecule has 5 heteroatoms. The molecule has 0 bridgehead atoms. The molecule has 1 aliphatic rings. The predicted molar refractivity (Wildman–Crippen MR) is 85.8 cm³/mol. The Bertz CT molecular complexity index is 598. The maximum atomic E-state index is 6.18. The standard InChI is InChI=1S/C17H21ClN2O2/c1-16(2)11-21-17(22-12-16,10-20-8-7-19-13-20)9-14-3-5-15(18)6-4-14/h3-8,13H,9-12H2,1-2H3. The smallest absolute Gasteiger partial charge is 0.190 e. The summed E-state index contributed by atoms with van der Waals surface area (Å²) in [6, 6.07) is 7.83. The number of hydrogen-bond acceptors (Lipinski definition) is 3. The molecule has 118 valence electrons. The first-order valence-corrected chi connectivity index (χ1v) is 7.82. The third-order valence-corrected chi connectivity index (χ3v) is 4.07. The number of benzene rings is 1. The molecule has 0 amide bonds. The van der Waals surface area contributed by atoms with Crippen LogP contribution in [0.5, 0.6) is 0 Å². The van der Waals surface area contributed by atoms with Crippen LogP contribution in [-0.4, -0.2) is 28.6 Å². The molecule has 4 nitrogen and oxygen atoms in total. The van der Waals surface area contributed by atoms with Crippen LogP contribution < -0.4 is 0 Å². The molecular formula is C17H21ClN2O2. The van der Waals surface area contributed by atoms with Crippen molar-refractivity contribution in [1.82, 2.24) is 9.55 Å². The number of ether oxygens (including phenoxy) is 2. The van der Waals surface area contributed by atoms with E-state index in [0.29, 0.717) is 26.2 Å². The van der Waals surface area contributed by atoms with Gasteiger partial charge in [-0.25, -0.2) is 4.98 Å². The van der Waals surface area contributed by atoms with Crippen LogP contribution in [0.2, 0.25) is 5.02 Å². The van der Waals surface area contributed by atoms with Crippen molar-refractivity contribution >= 4 is 11.6 Å². The number of imidazole rings is 1. The lowest BCUT2D eigenvalue weighted by Gasteiger charge is -2.43. The highest BCUT2D eigenvalue weighted by Gasteiger charge is 2.41. The Morgan fingerprint density at radius 3 is 2.45 bits per heavy atom. The van der Waals surface area contributed by atoms with Gasteiger partial charge in [0, 0.05) is 29.3 Å². The zero-order chi connectivity index (χ0) is 15.6. The van der Waals surface area contributed by atoms with Gasteiger partial charge in [-0.1, -0.05) is 37.6 Å². The normalized spacial score (nSPS) is 20.0. The molecule has 0 N–H and O–H groups in total. The minimum atomic E-state index is -0.663. The van der Waals surface area contributed by atoms with E-state index < -0.39 is 5.79 Å². The lowest BCUT2D eigenvalue weighted by molar-refractivity contribution is -0.304. The fraction of sp³-hybridized carbons (Fsp3) is 0.471. The van der Waals surface area contributed by atoms with E-state index in [1.54, 1.807) is 12.5 Å². The highest BCUT2D eigenvalue weighted by atomic mass is 35.5. The van der Waals surface area contributed by atoms with Gasteiger partial charge in [0.1, 0.15) is 0 Å². The van der Waals surface area contributed by atoms with Crippen molar-refractivity contribution in [2.45, 2.75) is 32.6 Å². The fourth-order valence-electron chi connectivity index (χ4n) is 2.56. The van der Waals surface area contributed by atoms with Crippen LogP contribution in [0.1, 0.15) is 19.4 Å². The van der Waals surface area contributed by atoms with Gasteiger partial charge in [0.15, 0.2) is 5.79 Å². The second-order valence-corrected chi connectivity index (χ2v) is 7.13. The molecule has 2 aromatic rings. The zero-order valence-corrected chi connectivity index (χ0v) is 13.7. The quantitative estimate of drug-likeness (QED) is 0.864. The molecule has 1 fully saturated rings. The molecule has 0 saturated carbocycles. The Hall–Kier alpha value is -1.36. The van der Waals surface area contributed by atoms with Crippen molar-refractivity contribution < 1.29 is 9.47 Å². The first-order chi connectivity index (χ1) is 10.5. The first-order valence-electron chi connectivity index (χ1n) is 7.45. The molecule has 1 aromatic carbocycles. The van der Waals surface area contributed by atoms with E-state index in [9.17, 15) is 0 Å². The Balaban J connectivity index is 1.81. The van der Waals surface area contributed by atoms with Gasteiger partial charge in [-0.2, -0.15) is 0 Å².